The van der Waals surface area contributed by atoms with E-state index in [4.69, 9.17) is 0 Å². The number of hydrogen-bond acceptors (Lipinski definition) is 2. The van der Waals surface area contributed by atoms with E-state index >= 15 is 0 Å². The van der Waals surface area contributed by atoms with E-state index < -0.39 is 17.6 Å². The Morgan fingerprint density at radius 2 is 1.68 bits per heavy atom. The molecule has 1 nitrogen and oxygen atoms in total. The number of alkyl halides is 3. The van der Waals surface area contributed by atoms with E-state index in [9.17, 15) is 17.6 Å². The van der Waals surface area contributed by atoms with Crippen molar-refractivity contribution in [2.45, 2.75) is 19.5 Å². The third-order valence-electron chi connectivity index (χ3n) is 4.60. The van der Waals surface area contributed by atoms with Gasteiger partial charge in [0, 0.05) is 16.9 Å². The lowest BCUT2D eigenvalue weighted by atomic mass is 10.1. The largest absolute Gasteiger partial charge is 0.416 e. The smallest absolute Gasteiger partial charge is 0.206 e. The van der Waals surface area contributed by atoms with Gasteiger partial charge in [-0.3, -0.25) is 0 Å². The van der Waals surface area contributed by atoms with Crippen LogP contribution in [0.4, 0.5) is 23.2 Å². The van der Waals surface area contributed by atoms with Crippen molar-refractivity contribution in [1.82, 2.24) is 0 Å². The number of thioether (sulfide) groups is 1. The molecule has 3 rings (SSSR count). The van der Waals surface area contributed by atoms with Crippen molar-refractivity contribution in [2.24, 2.45) is 4.99 Å². The molecule has 0 radical (unpaired) electrons. The molecule has 0 aliphatic carbocycles. The normalized spacial score (nSPS) is 11.1. The summed E-state index contributed by atoms with van der Waals surface area (Å²) in [6.07, 6.45) is -3.76. The zero-order valence-corrected chi connectivity index (χ0v) is 17.7. The summed E-state index contributed by atoms with van der Waals surface area (Å²) < 4.78 is 53.3. The molecule has 0 atom stereocenters. The summed E-state index contributed by atoms with van der Waals surface area (Å²) in [5.74, 6) is 3.10. The third-order valence-corrected chi connectivity index (χ3v) is 5.59. The zero-order valence-electron chi connectivity index (χ0n) is 16.9. The molecule has 6 heteroatoms. The van der Waals surface area contributed by atoms with Gasteiger partial charge < -0.3 is 0 Å². The van der Waals surface area contributed by atoms with Crippen LogP contribution in [-0.4, -0.2) is 17.4 Å². The van der Waals surface area contributed by atoms with Crippen LogP contribution in [0.2, 0.25) is 0 Å². The van der Waals surface area contributed by atoms with Crippen LogP contribution >= 0.6 is 11.8 Å². The van der Waals surface area contributed by atoms with Gasteiger partial charge in [0.1, 0.15) is 5.82 Å². The standard InChI is InChI=1S/C25H21F4NS/c1-18-7-10-22(11-8-18)30-16-20(17-31-14-13-19-5-3-2-4-6-19)23-12-9-21(15-24(23)26)25(27,28)29/h2-12,15H,13-14,17H2,1H3. The number of aliphatic imine (C=N–C) groups is 1. The minimum absolute atomic E-state index is 0.0797. The van der Waals surface area contributed by atoms with Crippen LogP contribution in [0, 0.1) is 12.7 Å². The van der Waals surface area contributed by atoms with Gasteiger partial charge in [0.15, 0.2) is 0 Å². The first kappa shape index (κ1) is 22.9. The third kappa shape index (κ3) is 6.84. The molecule has 0 spiro atoms. The van der Waals surface area contributed by atoms with Crippen LogP contribution in [0.5, 0.6) is 0 Å². The van der Waals surface area contributed by atoms with Gasteiger partial charge in [-0.25, -0.2) is 9.38 Å². The van der Waals surface area contributed by atoms with Crippen molar-refractivity contribution >= 4 is 28.9 Å². The molecule has 31 heavy (non-hydrogen) atoms. The van der Waals surface area contributed by atoms with E-state index in [-0.39, 0.29) is 5.56 Å². The Balaban J connectivity index is 1.83. The molecule has 0 saturated heterocycles. The van der Waals surface area contributed by atoms with Gasteiger partial charge in [0.25, 0.3) is 0 Å². The Bertz CT molecular complexity index is 1070. The van der Waals surface area contributed by atoms with Crippen molar-refractivity contribution < 1.29 is 17.6 Å². The summed E-state index contributed by atoms with van der Waals surface area (Å²) in [6, 6.07) is 19.9. The maximum absolute atomic E-state index is 14.6. The summed E-state index contributed by atoms with van der Waals surface area (Å²) in [4.78, 5) is 4.28. The van der Waals surface area contributed by atoms with E-state index in [2.05, 4.69) is 10.9 Å². The molecule has 3 aromatic rings. The molecule has 0 aliphatic heterocycles. The second-order valence-corrected chi connectivity index (χ2v) is 8.12. The van der Waals surface area contributed by atoms with Crippen LogP contribution in [0.3, 0.4) is 0 Å². The molecule has 0 N–H and O–H groups in total. The minimum Gasteiger partial charge on any atom is -0.206 e. The van der Waals surface area contributed by atoms with Gasteiger partial charge in [-0.15, -0.1) is 0 Å². The molecule has 160 valence electrons. The molecule has 0 aliphatic rings. The minimum atomic E-state index is -4.59. The molecule has 0 amide bonds. The van der Waals surface area contributed by atoms with Crippen molar-refractivity contribution in [2.75, 3.05) is 11.5 Å². The van der Waals surface area contributed by atoms with Crippen LogP contribution in [0.1, 0.15) is 22.3 Å². The predicted molar refractivity (Wildman–Crippen MR) is 121 cm³/mol. The first-order chi connectivity index (χ1) is 14.8. The maximum Gasteiger partial charge on any atom is 0.416 e. The fraction of sp³-hybridized carbons (Fsp3) is 0.200. The Kier molecular flexibility index (Phi) is 7.72. The van der Waals surface area contributed by atoms with Crippen molar-refractivity contribution in [3.05, 3.63) is 101 Å². The molecular weight excluding hydrogens is 422 g/mol. The van der Waals surface area contributed by atoms with Gasteiger partial charge in [0.05, 0.1) is 11.3 Å². The second-order valence-electron chi connectivity index (χ2n) is 7.02. The Morgan fingerprint density at radius 1 is 0.968 bits per heavy atom. The van der Waals surface area contributed by atoms with Gasteiger partial charge in [-0.05, 0) is 54.8 Å². The molecule has 0 aromatic heterocycles. The zero-order chi connectivity index (χ0) is 22.3. The van der Waals surface area contributed by atoms with Gasteiger partial charge in [-0.2, -0.15) is 24.9 Å². The van der Waals surface area contributed by atoms with Gasteiger partial charge in [-0.1, -0.05) is 54.1 Å². The van der Waals surface area contributed by atoms with E-state index in [1.807, 2.05) is 61.5 Å². The monoisotopic (exact) mass is 443 g/mol. The van der Waals surface area contributed by atoms with E-state index in [1.165, 1.54) is 5.56 Å². The number of hydrogen-bond donors (Lipinski definition) is 0. The summed E-state index contributed by atoms with van der Waals surface area (Å²) >= 11 is 1.56. The number of rotatable bonds is 7. The first-order valence-electron chi connectivity index (χ1n) is 9.71. The Morgan fingerprint density at radius 3 is 2.32 bits per heavy atom. The molecule has 0 unspecified atom stereocenters. The highest BCUT2D eigenvalue weighted by Crippen LogP contribution is 2.32. The maximum atomic E-state index is 14.6. The average Bonchev–Trinajstić information content (AvgIpc) is 2.75. The molecule has 0 fully saturated rings. The van der Waals surface area contributed by atoms with Crippen LogP contribution < -0.4 is 0 Å². The number of benzene rings is 3. The van der Waals surface area contributed by atoms with E-state index in [0.717, 1.165) is 29.9 Å². The van der Waals surface area contributed by atoms with Gasteiger partial charge >= 0.3 is 6.18 Å². The number of halogens is 4. The summed E-state index contributed by atoms with van der Waals surface area (Å²) in [7, 11) is 0. The van der Waals surface area contributed by atoms with Crippen molar-refractivity contribution in [3.8, 4) is 0 Å². The topological polar surface area (TPSA) is 12.4 Å². The summed E-state index contributed by atoms with van der Waals surface area (Å²) in [6.45, 7) is 1.95. The quantitative estimate of drug-likeness (QED) is 0.209. The fourth-order valence-corrected chi connectivity index (χ4v) is 3.82. The Hall–Kier alpha value is -2.82. The first-order valence-corrected chi connectivity index (χ1v) is 10.9. The second kappa shape index (κ2) is 10.5. The fourth-order valence-electron chi connectivity index (χ4n) is 2.87. The average molecular weight is 444 g/mol. The molecule has 0 saturated carbocycles. The molecule has 3 aromatic carbocycles. The molecule has 0 bridgehead atoms. The SMILES string of the molecule is Cc1ccc(N=C=C(CSCCc2ccccc2)c2ccc(C(F)(F)F)cc2F)cc1. The van der Waals surface area contributed by atoms with Crippen LogP contribution in [-0.2, 0) is 12.6 Å². The summed E-state index contributed by atoms with van der Waals surface area (Å²) in [5, 5.41) is 0. The lowest BCUT2D eigenvalue weighted by Gasteiger charge is -2.10. The van der Waals surface area contributed by atoms with Crippen LogP contribution in [0.15, 0.2) is 77.8 Å². The lowest BCUT2D eigenvalue weighted by molar-refractivity contribution is -0.137. The lowest BCUT2D eigenvalue weighted by Crippen LogP contribution is -2.06. The van der Waals surface area contributed by atoms with E-state index in [1.54, 1.807) is 11.8 Å². The highest BCUT2D eigenvalue weighted by molar-refractivity contribution is 7.99. The van der Waals surface area contributed by atoms with Crippen molar-refractivity contribution in [3.63, 3.8) is 0 Å². The molecular formula is C25H21F4NS. The highest BCUT2D eigenvalue weighted by Gasteiger charge is 2.31. The Labute approximate surface area is 183 Å². The number of aryl methyl sites for hydroxylation is 2. The summed E-state index contributed by atoms with van der Waals surface area (Å²) in [5.41, 5.74) is 2.40. The van der Waals surface area contributed by atoms with Crippen molar-refractivity contribution in [1.29, 1.82) is 0 Å². The predicted octanol–water partition coefficient (Wildman–Crippen LogP) is 7.51. The number of nitrogens with zero attached hydrogens (tertiary/aromatic N) is 1. The highest BCUT2D eigenvalue weighted by atomic mass is 32.2. The van der Waals surface area contributed by atoms with Crippen LogP contribution in [0.25, 0.3) is 5.57 Å². The molecule has 0 heterocycles. The van der Waals surface area contributed by atoms with Gasteiger partial charge in [0.2, 0.25) is 0 Å². The van der Waals surface area contributed by atoms with E-state index in [0.29, 0.717) is 23.1 Å².